The molecular formula is C20H26N2O2. The Bertz CT molecular complexity index is 723. The summed E-state index contributed by atoms with van der Waals surface area (Å²) >= 11 is 0. The van der Waals surface area contributed by atoms with Crippen molar-refractivity contribution in [3.05, 3.63) is 29.8 Å². The van der Waals surface area contributed by atoms with E-state index in [-0.39, 0.29) is 17.7 Å². The standard InChI is InChI=1S/C20H26N2O2/c1-3-10-11-8-14-17-20(12-6-4-5-7-13(12)21(17)2)9-15(16(11)18(20)23)22(14)19(10)24/h4-7,10-11,14-19,23-24H,3,8-9H2,1-2H3/t10-,11-,14-,15-,16+,17-,18+,19+,20?/m0/s1. The van der Waals surface area contributed by atoms with Gasteiger partial charge in [-0.3, -0.25) is 4.90 Å². The van der Waals surface area contributed by atoms with Crippen LogP contribution in [0.15, 0.2) is 24.3 Å². The summed E-state index contributed by atoms with van der Waals surface area (Å²) < 4.78 is 0. The van der Waals surface area contributed by atoms with Crippen molar-refractivity contribution < 1.29 is 10.2 Å². The van der Waals surface area contributed by atoms with Gasteiger partial charge < -0.3 is 15.1 Å². The molecule has 2 unspecified atom stereocenters. The molecule has 2 N–H and O–H groups in total. The van der Waals surface area contributed by atoms with Gasteiger partial charge in [0, 0.05) is 42.1 Å². The van der Waals surface area contributed by atoms with Gasteiger partial charge in [0.1, 0.15) is 6.23 Å². The largest absolute Gasteiger partial charge is 0.392 e. The maximum absolute atomic E-state index is 11.6. The van der Waals surface area contributed by atoms with E-state index in [1.54, 1.807) is 0 Å². The van der Waals surface area contributed by atoms with Crippen molar-refractivity contribution in [3.8, 4) is 0 Å². The highest BCUT2D eigenvalue weighted by atomic mass is 16.3. The lowest BCUT2D eigenvalue weighted by Gasteiger charge is -2.62. The number of anilines is 1. The molecule has 0 radical (unpaired) electrons. The lowest BCUT2D eigenvalue weighted by Crippen LogP contribution is -2.72. The smallest absolute Gasteiger partial charge is 0.111 e. The van der Waals surface area contributed by atoms with E-state index < -0.39 is 0 Å². The third kappa shape index (κ3) is 1.20. The van der Waals surface area contributed by atoms with Crippen molar-refractivity contribution in [2.45, 2.75) is 62.1 Å². The molecule has 7 rings (SSSR count). The Kier molecular flexibility index (Phi) is 2.45. The van der Waals surface area contributed by atoms with E-state index in [2.05, 4.69) is 48.0 Å². The van der Waals surface area contributed by atoms with Gasteiger partial charge in [-0.25, -0.2) is 0 Å². The summed E-state index contributed by atoms with van der Waals surface area (Å²) in [4.78, 5) is 4.83. The highest BCUT2D eigenvalue weighted by Crippen LogP contribution is 2.68. The van der Waals surface area contributed by atoms with Crippen molar-refractivity contribution in [2.24, 2.45) is 17.8 Å². The topological polar surface area (TPSA) is 46.9 Å². The average Bonchev–Trinajstić information content (AvgIpc) is 2.97. The number of fused-ring (bicyclic) bond motifs is 2. The Morgan fingerprint density at radius 3 is 2.79 bits per heavy atom. The molecule has 5 aliphatic heterocycles. The number of hydrogen-bond acceptors (Lipinski definition) is 4. The maximum atomic E-state index is 11.6. The van der Waals surface area contributed by atoms with E-state index in [0.29, 0.717) is 35.9 Å². The molecule has 1 saturated carbocycles. The minimum atomic E-state index is -0.319. The number of benzene rings is 1. The van der Waals surface area contributed by atoms with Gasteiger partial charge in [0.25, 0.3) is 0 Å². The summed E-state index contributed by atoms with van der Waals surface area (Å²) in [5, 5.41) is 22.6. The van der Waals surface area contributed by atoms with Crippen molar-refractivity contribution in [3.63, 3.8) is 0 Å². The van der Waals surface area contributed by atoms with Gasteiger partial charge in [0.2, 0.25) is 0 Å². The van der Waals surface area contributed by atoms with Gasteiger partial charge in [-0.15, -0.1) is 0 Å². The molecule has 1 spiro atoms. The van der Waals surface area contributed by atoms with Crippen LogP contribution in [0.1, 0.15) is 31.7 Å². The van der Waals surface area contributed by atoms with E-state index in [0.717, 1.165) is 19.3 Å². The van der Waals surface area contributed by atoms with Gasteiger partial charge >= 0.3 is 0 Å². The fourth-order valence-corrected chi connectivity index (χ4v) is 7.88. The average molecular weight is 326 g/mol. The van der Waals surface area contributed by atoms with Crippen molar-refractivity contribution in [2.75, 3.05) is 11.9 Å². The van der Waals surface area contributed by atoms with Crippen LogP contribution in [-0.2, 0) is 5.41 Å². The first-order valence-corrected chi connectivity index (χ1v) is 9.57. The zero-order valence-corrected chi connectivity index (χ0v) is 14.3. The first kappa shape index (κ1) is 14.1. The Morgan fingerprint density at radius 1 is 1.21 bits per heavy atom. The molecular weight excluding hydrogens is 300 g/mol. The minimum Gasteiger partial charge on any atom is -0.392 e. The van der Waals surface area contributed by atoms with E-state index >= 15 is 0 Å². The van der Waals surface area contributed by atoms with Crippen molar-refractivity contribution >= 4 is 5.69 Å². The number of likely N-dealkylation sites (N-methyl/N-ethyl adjacent to an activating group) is 1. The lowest BCUT2D eigenvalue weighted by molar-refractivity contribution is -0.211. The molecule has 0 aromatic heterocycles. The molecule has 10 atom stereocenters. The fraction of sp³-hybridized carbons (Fsp3) is 0.700. The molecule has 4 heteroatoms. The van der Waals surface area contributed by atoms with Crippen LogP contribution in [0.4, 0.5) is 5.69 Å². The molecule has 5 fully saturated rings. The number of piperidine rings is 4. The molecule has 1 aromatic carbocycles. The predicted octanol–water partition coefficient (Wildman–Crippen LogP) is 1.55. The Balaban J connectivity index is 1.60. The van der Waals surface area contributed by atoms with Crippen LogP contribution in [0, 0.1) is 17.8 Å². The molecule has 6 aliphatic rings. The molecule has 1 aliphatic carbocycles. The summed E-state index contributed by atoms with van der Waals surface area (Å²) in [6, 6.07) is 9.70. The molecule has 4 saturated heterocycles. The van der Waals surface area contributed by atoms with Crippen LogP contribution in [0.5, 0.6) is 0 Å². The van der Waals surface area contributed by atoms with Crippen LogP contribution < -0.4 is 4.90 Å². The van der Waals surface area contributed by atoms with Crippen molar-refractivity contribution in [1.29, 1.82) is 0 Å². The molecule has 5 bridgehead atoms. The lowest BCUT2D eigenvalue weighted by atomic mass is 9.62. The van der Waals surface area contributed by atoms with Gasteiger partial charge in [0.05, 0.1) is 12.1 Å². The highest BCUT2D eigenvalue weighted by molar-refractivity contribution is 5.67. The zero-order valence-electron chi connectivity index (χ0n) is 14.3. The Hall–Kier alpha value is -1.10. The molecule has 0 amide bonds. The second-order valence-corrected chi connectivity index (χ2v) is 8.81. The van der Waals surface area contributed by atoms with E-state index in [9.17, 15) is 10.2 Å². The van der Waals surface area contributed by atoms with Crippen LogP contribution in [0.3, 0.4) is 0 Å². The third-order valence-electron chi connectivity index (χ3n) is 8.46. The quantitative estimate of drug-likeness (QED) is 0.822. The first-order chi connectivity index (χ1) is 11.6. The number of aliphatic hydroxyl groups is 2. The van der Waals surface area contributed by atoms with Crippen LogP contribution in [-0.4, -0.2) is 52.6 Å². The van der Waals surface area contributed by atoms with E-state index in [1.165, 1.54) is 11.3 Å². The summed E-state index contributed by atoms with van der Waals surface area (Å²) in [5.74, 6) is 1.14. The van der Waals surface area contributed by atoms with Gasteiger partial charge in [-0.1, -0.05) is 25.1 Å². The zero-order chi connectivity index (χ0) is 16.4. The van der Waals surface area contributed by atoms with Crippen LogP contribution in [0.2, 0.25) is 0 Å². The highest BCUT2D eigenvalue weighted by Gasteiger charge is 2.76. The second-order valence-electron chi connectivity index (χ2n) is 8.81. The summed E-state index contributed by atoms with van der Waals surface area (Å²) in [6.45, 7) is 2.19. The third-order valence-corrected chi connectivity index (χ3v) is 8.46. The molecule has 4 nitrogen and oxygen atoms in total. The van der Waals surface area contributed by atoms with E-state index in [4.69, 9.17) is 0 Å². The van der Waals surface area contributed by atoms with Crippen LogP contribution >= 0.6 is 0 Å². The van der Waals surface area contributed by atoms with E-state index in [1.807, 2.05) is 0 Å². The molecule has 128 valence electrons. The van der Waals surface area contributed by atoms with Gasteiger partial charge in [0.15, 0.2) is 0 Å². The van der Waals surface area contributed by atoms with Crippen LogP contribution in [0.25, 0.3) is 0 Å². The SMILES string of the molecule is CC[C@H]1[C@@H]2C[C@H]3[C@@H]4N(C)c5ccccc5C45C[C@@H]([C@@H]2[C@H]5O)N3[C@@H]1O. The Morgan fingerprint density at radius 2 is 2.00 bits per heavy atom. The predicted molar refractivity (Wildman–Crippen MR) is 91.7 cm³/mol. The van der Waals surface area contributed by atoms with Gasteiger partial charge in [-0.2, -0.15) is 0 Å². The monoisotopic (exact) mass is 326 g/mol. The van der Waals surface area contributed by atoms with Gasteiger partial charge in [-0.05, 0) is 36.8 Å². The first-order valence-electron chi connectivity index (χ1n) is 9.57. The number of hydrogen-bond donors (Lipinski definition) is 2. The molecule has 1 aromatic rings. The number of nitrogens with zero attached hydrogens (tertiary/aromatic N) is 2. The molecule has 24 heavy (non-hydrogen) atoms. The normalized spacial score (nSPS) is 55.8. The second kappa shape index (κ2) is 4.17. The number of para-hydroxylation sites is 1. The number of aliphatic hydroxyl groups excluding tert-OH is 2. The molecule has 5 heterocycles. The minimum absolute atomic E-state index is 0.126. The summed E-state index contributed by atoms with van der Waals surface area (Å²) in [5.41, 5.74) is 2.51. The summed E-state index contributed by atoms with van der Waals surface area (Å²) in [7, 11) is 2.19. The fourth-order valence-electron chi connectivity index (χ4n) is 7.88. The Labute approximate surface area is 143 Å². The summed E-state index contributed by atoms with van der Waals surface area (Å²) in [6.07, 6.45) is 2.56. The van der Waals surface area contributed by atoms with Crippen molar-refractivity contribution in [1.82, 2.24) is 4.90 Å². The number of rotatable bonds is 1. The maximum Gasteiger partial charge on any atom is 0.111 e.